The fourth-order valence-electron chi connectivity index (χ4n) is 1.91. The van der Waals surface area contributed by atoms with Gasteiger partial charge in [-0.15, -0.1) is 0 Å². The fraction of sp³-hybridized carbons (Fsp3) is 0.0625. The fourth-order valence-corrected chi connectivity index (χ4v) is 1.91. The van der Waals surface area contributed by atoms with Crippen molar-refractivity contribution in [3.8, 4) is 0 Å². The van der Waals surface area contributed by atoms with Gasteiger partial charge in [-0.25, -0.2) is 13.8 Å². The van der Waals surface area contributed by atoms with Crippen LogP contribution in [0.1, 0.15) is 5.69 Å². The second kappa shape index (κ2) is 6.78. The molecular formula is C16H13F2N5. The number of aromatic nitrogens is 3. The highest BCUT2D eigenvalue weighted by Crippen LogP contribution is 2.19. The Hall–Kier alpha value is -3.09. The highest BCUT2D eigenvalue weighted by atomic mass is 19.1. The van der Waals surface area contributed by atoms with Crippen molar-refractivity contribution in [1.29, 1.82) is 0 Å². The predicted octanol–water partition coefficient (Wildman–Crippen LogP) is 3.51. The van der Waals surface area contributed by atoms with Crippen molar-refractivity contribution in [2.45, 2.75) is 6.54 Å². The van der Waals surface area contributed by atoms with Crippen LogP contribution >= 0.6 is 0 Å². The lowest BCUT2D eigenvalue weighted by atomic mass is 10.3. The van der Waals surface area contributed by atoms with Gasteiger partial charge in [-0.2, -0.15) is 4.98 Å². The van der Waals surface area contributed by atoms with Gasteiger partial charge in [-0.1, -0.05) is 6.07 Å². The first kappa shape index (κ1) is 14.8. The van der Waals surface area contributed by atoms with Gasteiger partial charge in [-0.3, -0.25) is 4.98 Å². The van der Waals surface area contributed by atoms with E-state index in [0.29, 0.717) is 12.4 Å². The van der Waals surface area contributed by atoms with Crippen molar-refractivity contribution in [2.75, 3.05) is 10.6 Å². The maximum Gasteiger partial charge on any atom is 0.229 e. The third kappa shape index (κ3) is 3.97. The Bertz CT molecular complexity index is 795. The Morgan fingerprint density at radius 2 is 1.87 bits per heavy atom. The minimum atomic E-state index is -0.708. The maximum atomic E-state index is 13.6. The van der Waals surface area contributed by atoms with Gasteiger partial charge in [-0.05, 0) is 30.3 Å². The molecule has 0 aliphatic rings. The Morgan fingerprint density at radius 1 is 0.957 bits per heavy atom. The highest BCUT2D eigenvalue weighted by molar-refractivity contribution is 5.55. The largest absolute Gasteiger partial charge is 0.364 e. The molecule has 0 aliphatic heterocycles. The summed E-state index contributed by atoms with van der Waals surface area (Å²) in [5.41, 5.74) is 0.971. The summed E-state index contributed by atoms with van der Waals surface area (Å²) in [5, 5.41) is 5.82. The lowest BCUT2D eigenvalue weighted by Gasteiger charge is -2.09. The van der Waals surface area contributed by atoms with Crippen molar-refractivity contribution < 1.29 is 8.78 Å². The van der Waals surface area contributed by atoms with Crippen LogP contribution in [0.5, 0.6) is 0 Å². The molecule has 0 unspecified atom stereocenters. The molecule has 2 aromatic heterocycles. The topological polar surface area (TPSA) is 62.7 Å². The number of nitrogens with one attached hydrogen (secondary N) is 2. The molecule has 0 bridgehead atoms. The SMILES string of the molecule is Fc1ccc(Nc2nccc(NCc3ccccn3)n2)c(F)c1. The van der Waals surface area contributed by atoms with Gasteiger partial charge in [0.2, 0.25) is 5.95 Å². The van der Waals surface area contributed by atoms with Gasteiger partial charge < -0.3 is 10.6 Å². The monoisotopic (exact) mass is 313 g/mol. The van der Waals surface area contributed by atoms with Crippen LogP contribution in [0.3, 0.4) is 0 Å². The van der Waals surface area contributed by atoms with E-state index in [0.717, 1.165) is 17.8 Å². The zero-order valence-electron chi connectivity index (χ0n) is 12.0. The van der Waals surface area contributed by atoms with Crippen molar-refractivity contribution in [3.63, 3.8) is 0 Å². The number of hydrogen-bond acceptors (Lipinski definition) is 5. The average Bonchev–Trinajstić information content (AvgIpc) is 2.57. The lowest BCUT2D eigenvalue weighted by molar-refractivity contribution is 0.586. The molecule has 3 aromatic rings. The van der Waals surface area contributed by atoms with Gasteiger partial charge in [0.1, 0.15) is 17.5 Å². The molecule has 0 amide bonds. The van der Waals surface area contributed by atoms with Crippen LogP contribution in [0.25, 0.3) is 0 Å². The molecule has 0 radical (unpaired) electrons. The van der Waals surface area contributed by atoms with E-state index < -0.39 is 11.6 Å². The van der Waals surface area contributed by atoms with Crippen LogP contribution in [0, 0.1) is 11.6 Å². The van der Waals surface area contributed by atoms with E-state index in [-0.39, 0.29) is 11.6 Å². The summed E-state index contributed by atoms with van der Waals surface area (Å²) in [5.74, 6) is -0.572. The number of nitrogens with zero attached hydrogens (tertiary/aromatic N) is 3. The Morgan fingerprint density at radius 3 is 2.65 bits per heavy atom. The number of halogens is 2. The van der Waals surface area contributed by atoms with Gasteiger partial charge in [0.15, 0.2) is 0 Å². The second-order valence-corrected chi connectivity index (χ2v) is 4.69. The summed E-state index contributed by atoms with van der Waals surface area (Å²) in [6, 6.07) is 10.6. The molecule has 0 saturated carbocycles. The Kier molecular flexibility index (Phi) is 4.37. The molecule has 2 N–H and O–H groups in total. The van der Waals surface area contributed by atoms with E-state index in [1.165, 1.54) is 12.3 Å². The summed E-state index contributed by atoms with van der Waals surface area (Å²) in [6.07, 6.45) is 3.25. The molecule has 0 atom stereocenters. The van der Waals surface area contributed by atoms with Crippen LogP contribution in [-0.2, 0) is 6.54 Å². The molecule has 0 saturated heterocycles. The smallest absolute Gasteiger partial charge is 0.229 e. The molecule has 7 heteroatoms. The van der Waals surface area contributed by atoms with Crippen LogP contribution in [0.4, 0.5) is 26.2 Å². The number of hydrogen-bond donors (Lipinski definition) is 2. The number of anilines is 3. The lowest BCUT2D eigenvalue weighted by Crippen LogP contribution is -2.05. The molecule has 0 aliphatic carbocycles. The van der Waals surface area contributed by atoms with Crippen LogP contribution < -0.4 is 10.6 Å². The number of rotatable bonds is 5. The summed E-state index contributed by atoms with van der Waals surface area (Å²) >= 11 is 0. The van der Waals surface area contributed by atoms with Gasteiger partial charge in [0, 0.05) is 18.5 Å². The van der Waals surface area contributed by atoms with Crippen LogP contribution in [0.2, 0.25) is 0 Å². The van der Waals surface area contributed by atoms with E-state index in [2.05, 4.69) is 25.6 Å². The first-order valence-electron chi connectivity index (χ1n) is 6.89. The third-order valence-electron chi connectivity index (χ3n) is 3.01. The van der Waals surface area contributed by atoms with E-state index >= 15 is 0 Å². The van der Waals surface area contributed by atoms with Crippen molar-refractivity contribution >= 4 is 17.5 Å². The van der Waals surface area contributed by atoms with E-state index in [4.69, 9.17) is 0 Å². The Labute approximate surface area is 131 Å². The second-order valence-electron chi connectivity index (χ2n) is 4.69. The average molecular weight is 313 g/mol. The minimum Gasteiger partial charge on any atom is -0.364 e. The molecular weight excluding hydrogens is 300 g/mol. The van der Waals surface area contributed by atoms with Gasteiger partial charge in [0.05, 0.1) is 17.9 Å². The van der Waals surface area contributed by atoms with E-state index in [9.17, 15) is 8.78 Å². The van der Waals surface area contributed by atoms with Gasteiger partial charge >= 0.3 is 0 Å². The molecule has 3 rings (SSSR count). The number of pyridine rings is 1. The van der Waals surface area contributed by atoms with Crippen molar-refractivity contribution in [2.24, 2.45) is 0 Å². The summed E-state index contributed by atoms with van der Waals surface area (Å²) < 4.78 is 26.5. The Balaban J connectivity index is 1.69. The van der Waals surface area contributed by atoms with Crippen molar-refractivity contribution in [1.82, 2.24) is 15.0 Å². The van der Waals surface area contributed by atoms with E-state index in [1.54, 1.807) is 12.3 Å². The summed E-state index contributed by atoms with van der Waals surface area (Å²) in [7, 11) is 0. The first-order valence-corrected chi connectivity index (χ1v) is 6.89. The zero-order chi connectivity index (χ0) is 16.1. The quantitative estimate of drug-likeness (QED) is 0.755. The standard InChI is InChI=1S/C16H13F2N5/c17-11-4-5-14(13(18)9-11)22-16-20-8-6-15(23-16)21-10-12-3-1-2-7-19-12/h1-9H,10H2,(H2,20,21,22,23). The van der Waals surface area contributed by atoms with E-state index in [1.807, 2.05) is 18.2 Å². The normalized spacial score (nSPS) is 10.3. The van der Waals surface area contributed by atoms with Gasteiger partial charge in [0.25, 0.3) is 0 Å². The number of benzene rings is 1. The molecule has 23 heavy (non-hydrogen) atoms. The predicted molar refractivity (Wildman–Crippen MR) is 83.2 cm³/mol. The first-order chi connectivity index (χ1) is 11.2. The maximum absolute atomic E-state index is 13.6. The summed E-state index contributed by atoms with van der Waals surface area (Å²) in [4.78, 5) is 12.4. The minimum absolute atomic E-state index is 0.105. The zero-order valence-corrected chi connectivity index (χ0v) is 12.0. The molecule has 1 aromatic carbocycles. The third-order valence-corrected chi connectivity index (χ3v) is 3.01. The molecule has 0 spiro atoms. The van der Waals surface area contributed by atoms with Crippen LogP contribution in [0.15, 0.2) is 54.9 Å². The van der Waals surface area contributed by atoms with Crippen molar-refractivity contribution in [3.05, 3.63) is 72.2 Å². The molecule has 116 valence electrons. The molecule has 2 heterocycles. The highest BCUT2D eigenvalue weighted by Gasteiger charge is 2.06. The molecule has 5 nitrogen and oxygen atoms in total. The summed E-state index contributed by atoms with van der Waals surface area (Å²) in [6.45, 7) is 0.502. The van der Waals surface area contributed by atoms with Crippen LogP contribution in [-0.4, -0.2) is 15.0 Å². The molecule has 0 fully saturated rings.